The molecule has 2 aromatic heterocycles. The number of ketones is 1. The molecule has 9 nitrogen and oxygen atoms in total. The standard InChI is InChI=1S/C40H37N5O4/c1-40(2,3)49-39(47)45-16-14-44(15-17-45)32-12-13-34-29(19-32)18-30-21-36(27-10-8-26(22-41)9-11-27)48-38(30)37(46)35(34)20-28-6-4-5-7-33(28)31-23-42-25-43-24-31/h4-13,19,21,23-25,35H,14-18,20H2,1-3H3. The maximum absolute atomic E-state index is 14.6. The molecule has 246 valence electrons. The van der Waals surface area contributed by atoms with E-state index in [9.17, 15) is 14.9 Å². The fourth-order valence-electron chi connectivity index (χ4n) is 6.72. The van der Waals surface area contributed by atoms with E-state index in [1.54, 1.807) is 29.4 Å². The molecule has 1 aliphatic heterocycles. The Kier molecular flexibility index (Phi) is 8.47. The highest BCUT2D eigenvalue weighted by atomic mass is 16.6. The zero-order valence-corrected chi connectivity index (χ0v) is 27.8. The number of fused-ring (bicyclic) bond motifs is 2. The second-order valence-electron chi connectivity index (χ2n) is 13.6. The smallest absolute Gasteiger partial charge is 0.410 e. The third-order valence-corrected chi connectivity index (χ3v) is 9.14. The van der Waals surface area contributed by atoms with Crippen LogP contribution >= 0.6 is 0 Å². The first kappa shape index (κ1) is 31.8. The van der Waals surface area contributed by atoms with Crippen molar-refractivity contribution in [3.63, 3.8) is 0 Å². The van der Waals surface area contributed by atoms with Crippen molar-refractivity contribution < 1.29 is 18.7 Å². The second kappa shape index (κ2) is 13.0. The SMILES string of the molecule is CC(C)(C)OC(=O)N1CCN(c2ccc3c(c2)Cc2cc(-c4ccc(C#N)cc4)oc2C(=O)C3Cc2ccccc2-c2cncnc2)CC1. The van der Waals surface area contributed by atoms with E-state index in [1.807, 2.05) is 57.2 Å². The fraction of sp³-hybridized carbons (Fsp3) is 0.275. The van der Waals surface area contributed by atoms with Crippen LogP contribution in [0.3, 0.4) is 0 Å². The molecule has 7 rings (SSSR count). The van der Waals surface area contributed by atoms with Gasteiger partial charge >= 0.3 is 6.09 Å². The third kappa shape index (κ3) is 6.68. The Morgan fingerprint density at radius 2 is 1.67 bits per heavy atom. The number of Topliss-reactive ketones (excluding diaryl/α,β-unsaturated/α-hetero) is 1. The van der Waals surface area contributed by atoms with Crippen molar-refractivity contribution in [1.82, 2.24) is 14.9 Å². The number of carbonyl (C=O) groups excluding carboxylic acids is 2. The van der Waals surface area contributed by atoms with Crippen LogP contribution in [0.2, 0.25) is 0 Å². The van der Waals surface area contributed by atoms with Gasteiger partial charge < -0.3 is 19.0 Å². The number of nitrogens with zero attached hydrogens (tertiary/aromatic N) is 5. The Bertz CT molecular complexity index is 2050. The second-order valence-corrected chi connectivity index (χ2v) is 13.6. The van der Waals surface area contributed by atoms with Gasteiger partial charge in [-0.3, -0.25) is 4.79 Å². The van der Waals surface area contributed by atoms with Gasteiger partial charge in [-0.1, -0.05) is 30.3 Å². The van der Waals surface area contributed by atoms with Crippen molar-refractivity contribution in [2.24, 2.45) is 0 Å². The lowest BCUT2D eigenvalue weighted by Crippen LogP contribution is -2.50. The molecule has 0 spiro atoms. The number of aromatic nitrogens is 2. The predicted molar refractivity (Wildman–Crippen MR) is 186 cm³/mol. The van der Waals surface area contributed by atoms with Crippen LogP contribution in [0, 0.1) is 11.3 Å². The van der Waals surface area contributed by atoms with Gasteiger partial charge in [-0.2, -0.15) is 5.26 Å². The molecule has 5 aromatic rings. The van der Waals surface area contributed by atoms with Gasteiger partial charge in [-0.05, 0) is 91.9 Å². The maximum atomic E-state index is 14.6. The van der Waals surface area contributed by atoms with Crippen molar-refractivity contribution in [2.45, 2.75) is 45.1 Å². The van der Waals surface area contributed by atoms with E-state index < -0.39 is 11.5 Å². The van der Waals surface area contributed by atoms with E-state index in [0.717, 1.165) is 44.6 Å². The predicted octanol–water partition coefficient (Wildman–Crippen LogP) is 7.45. The summed E-state index contributed by atoms with van der Waals surface area (Å²) in [5, 5.41) is 9.28. The van der Waals surface area contributed by atoms with Gasteiger partial charge in [0, 0.05) is 67.4 Å². The van der Waals surface area contributed by atoms with Crippen LogP contribution in [-0.2, 0) is 17.6 Å². The Labute approximate surface area is 285 Å². The summed E-state index contributed by atoms with van der Waals surface area (Å²) in [6.07, 6.45) is 5.80. The van der Waals surface area contributed by atoms with E-state index in [1.165, 1.54) is 6.33 Å². The van der Waals surface area contributed by atoms with Crippen molar-refractivity contribution >= 4 is 17.6 Å². The fourth-order valence-corrected chi connectivity index (χ4v) is 6.72. The minimum Gasteiger partial charge on any atom is -0.453 e. The first-order valence-corrected chi connectivity index (χ1v) is 16.5. The molecule has 49 heavy (non-hydrogen) atoms. The van der Waals surface area contributed by atoms with Crippen LogP contribution in [0.5, 0.6) is 0 Å². The molecule has 0 bridgehead atoms. The Balaban J connectivity index is 1.24. The van der Waals surface area contributed by atoms with Crippen molar-refractivity contribution in [3.8, 4) is 28.5 Å². The van der Waals surface area contributed by atoms with E-state index in [2.05, 4.69) is 45.2 Å². The molecule has 1 atom stereocenters. The molecule has 3 aromatic carbocycles. The average Bonchev–Trinajstić information content (AvgIpc) is 3.50. The minimum atomic E-state index is -0.541. The van der Waals surface area contributed by atoms with Gasteiger partial charge in [0.15, 0.2) is 5.76 Å². The highest BCUT2D eigenvalue weighted by Crippen LogP contribution is 2.40. The number of piperazine rings is 1. The van der Waals surface area contributed by atoms with Crippen molar-refractivity contribution in [3.05, 3.63) is 125 Å². The van der Waals surface area contributed by atoms with Crippen molar-refractivity contribution in [2.75, 3.05) is 31.1 Å². The number of amides is 1. The van der Waals surface area contributed by atoms with Gasteiger partial charge in [0.1, 0.15) is 17.7 Å². The van der Waals surface area contributed by atoms with E-state index >= 15 is 0 Å². The van der Waals surface area contributed by atoms with E-state index in [-0.39, 0.29) is 11.9 Å². The molecule has 2 aliphatic rings. The first-order valence-electron chi connectivity index (χ1n) is 16.5. The summed E-state index contributed by atoms with van der Waals surface area (Å²) in [6, 6.07) is 25.8. The molecular weight excluding hydrogens is 614 g/mol. The number of carbonyl (C=O) groups is 2. The Hall–Kier alpha value is -5.75. The molecule has 0 radical (unpaired) electrons. The number of ether oxygens (including phenoxy) is 1. The largest absolute Gasteiger partial charge is 0.453 e. The lowest BCUT2D eigenvalue weighted by atomic mass is 9.84. The number of anilines is 1. The van der Waals surface area contributed by atoms with Gasteiger partial charge in [-0.25, -0.2) is 14.8 Å². The number of nitriles is 1. The van der Waals surface area contributed by atoms with Crippen LogP contribution in [-0.4, -0.2) is 58.5 Å². The molecule has 1 aliphatic carbocycles. The van der Waals surface area contributed by atoms with E-state index in [4.69, 9.17) is 9.15 Å². The average molecular weight is 652 g/mol. The quantitative estimate of drug-likeness (QED) is 0.193. The lowest BCUT2D eigenvalue weighted by Gasteiger charge is -2.37. The summed E-state index contributed by atoms with van der Waals surface area (Å²) in [4.78, 5) is 39.8. The Morgan fingerprint density at radius 1 is 0.939 bits per heavy atom. The zero-order valence-electron chi connectivity index (χ0n) is 27.8. The molecule has 3 heterocycles. The Morgan fingerprint density at radius 3 is 2.39 bits per heavy atom. The van der Waals surface area contributed by atoms with Crippen LogP contribution in [0.25, 0.3) is 22.5 Å². The number of hydrogen-bond acceptors (Lipinski definition) is 8. The van der Waals surface area contributed by atoms with Crippen molar-refractivity contribution in [1.29, 1.82) is 5.26 Å². The minimum absolute atomic E-state index is 0.0634. The van der Waals surface area contributed by atoms with E-state index in [0.29, 0.717) is 56.1 Å². The summed E-state index contributed by atoms with van der Waals surface area (Å²) in [7, 11) is 0. The topological polar surface area (TPSA) is 113 Å². The zero-order chi connectivity index (χ0) is 34.1. The molecule has 1 saturated heterocycles. The van der Waals surface area contributed by atoms with Crippen LogP contribution < -0.4 is 4.90 Å². The highest BCUT2D eigenvalue weighted by molar-refractivity contribution is 6.02. The summed E-state index contributed by atoms with van der Waals surface area (Å²) in [5.74, 6) is 0.418. The molecule has 1 fully saturated rings. The molecule has 0 saturated carbocycles. The first-order chi connectivity index (χ1) is 23.7. The lowest BCUT2D eigenvalue weighted by molar-refractivity contribution is 0.0240. The van der Waals surface area contributed by atoms with Gasteiger partial charge in [0.2, 0.25) is 5.78 Å². The molecule has 1 unspecified atom stereocenters. The number of furan rings is 1. The monoisotopic (exact) mass is 651 g/mol. The molecule has 0 N–H and O–H groups in total. The van der Waals surface area contributed by atoms with Gasteiger partial charge in [0.25, 0.3) is 0 Å². The molecular formula is C40H37N5O4. The number of hydrogen-bond donors (Lipinski definition) is 0. The normalized spacial score (nSPS) is 16.0. The highest BCUT2D eigenvalue weighted by Gasteiger charge is 2.35. The summed E-state index contributed by atoms with van der Waals surface area (Å²) in [5.41, 5.74) is 7.66. The summed E-state index contributed by atoms with van der Waals surface area (Å²) in [6.45, 7) is 8.10. The molecule has 9 heteroatoms. The van der Waals surface area contributed by atoms with Crippen LogP contribution in [0.1, 0.15) is 65.1 Å². The van der Waals surface area contributed by atoms with Gasteiger partial charge in [-0.15, -0.1) is 0 Å². The molecule has 1 amide bonds. The number of rotatable bonds is 5. The maximum Gasteiger partial charge on any atom is 0.410 e. The third-order valence-electron chi connectivity index (χ3n) is 9.14. The summed E-state index contributed by atoms with van der Waals surface area (Å²) >= 11 is 0. The number of benzene rings is 3. The van der Waals surface area contributed by atoms with Crippen LogP contribution in [0.15, 0.2) is 95.9 Å². The van der Waals surface area contributed by atoms with Gasteiger partial charge in [0.05, 0.1) is 17.6 Å². The summed E-state index contributed by atoms with van der Waals surface area (Å²) < 4.78 is 12.0. The van der Waals surface area contributed by atoms with Crippen LogP contribution in [0.4, 0.5) is 10.5 Å².